The number of ether oxygens (including phenoxy) is 1. The van der Waals surface area contributed by atoms with Crippen molar-refractivity contribution in [2.75, 3.05) is 0 Å². The van der Waals surface area contributed by atoms with Gasteiger partial charge in [-0.1, -0.05) is 48.5 Å². The number of carbonyl (C=O) groups is 1. The van der Waals surface area contributed by atoms with Gasteiger partial charge in [0.05, 0.1) is 23.8 Å². The Kier molecular flexibility index (Phi) is 6.04. The van der Waals surface area contributed by atoms with E-state index in [-0.39, 0.29) is 24.2 Å². The molecule has 26 heavy (non-hydrogen) atoms. The van der Waals surface area contributed by atoms with Crippen LogP contribution in [-0.4, -0.2) is 18.1 Å². The van der Waals surface area contributed by atoms with Gasteiger partial charge in [-0.3, -0.25) is 4.79 Å². The summed E-state index contributed by atoms with van der Waals surface area (Å²) in [4.78, 5) is 11.6. The molecule has 1 heterocycles. The largest absolute Gasteiger partial charge is 0.370 e. The van der Waals surface area contributed by atoms with E-state index < -0.39 is 0 Å². The lowest BCUT2D eigenvalue weighted by Gasteiger charge is -2.36. The molecule has 1 aliphatic heterocycles. The van der Waals surface area contributed by atoms with Crippen molar-refractivity contribution in [3.8, 4) is 6.07 Å². The van der Waals surface area contributed by atoms with Crippen molar-refractivity contribution in [2.45, 2.75) is 50.9 Å². The lowest BCUT2D eigenvalue weighted by Crippen LogP contribution is -2.42. The van der Waals surface area contributed by atoms with Gasteiger partial charge in [0, 0.05) is 13.0 Å². The Labute approximate surface area is 154 Å². The predicted molar refractivity (Wildman–Crippen MR) is 100 cm³/mol. The van der Waals surface area contributed by atoms with Crippen LogP contribution in [0.2, 0.25) is 0 Å². The molecule has 3 atom stereocenters. The highest BCUT2D eigenvalue weighted by Crippen LogP contribution is 2.34. The van der Waals surface area contributed by atoms with Crippen LogP contribution >= 0.6 is 0 Å². The lowest BCUT2D eigenvalue weighted by atomic mass is 9.90. The highest BCUT2D eigenvalue weighted by Gasteiger charge is 2.31. The van der Waals surface area contributed by atoms with E-state index in [1.807, 2.05) is 42.5 Å². The number of rotatable bonds is 5. The summed E-state index contributed by atoms with van der Waals surface area (Å²) in [6, 6.07) is 20.2. The number of aryl methyl sites for hydroxylation is 1. The van der Waals surface area contributed by atoms with Gasteiger partial charge < -0.3 is 10.1 Å². The Morgan fingerprint density at radius 2 is 1.88 bits per heavy atom. The van der Waals surface area contributed by atoms with Crippen LogP contribution in [0, 0.1) is 11.3 Å². The second kappa shape index (κ2) is 8.64. The molecule has 1 N–H and O–H groups in total. The summed E-state index contributed by atoms with van der Waals surface area (Å²) in [5.74, 6) is -0.0222. The first-order valence-corrected chi connectivity index (χ1v) is 9.11. The van der Waals surface area contributed by atoms with Gasteiger partial charge in [0.2, 0.25) is 5.91 Å². The van der Waals surface area contributed by atoms with Crippen LogP contribution in [-0.2, 0) is 16.0 Å². The summed E-state index contributed by atoms with van der Waals surface area (Å²) < 4.78 is 6.35. The van der Waals surface area contributed by atoms with Gasteiger partial charge in [0.1, 0.15) is 0 Å². The number of hydrogen-bond acceptors (Lipinski definition) is 3. The maximum atomic E-state index is 11.6. The standard InChI is InChI=1S/C22H24N2O2/c1-16(25)24-19-13-20(12-11-17-7-3-2-4-8-17)26-22(14-19)21-10-6-5-9-18(21)15-23/h2-10,19-20,22H,11-14H2,1H3,(H,24,25)/t19-,20+,22+/m0/s1. The zero-order valence-electron chi connectivity index (χ0n) is 15.0. The van der Waals surface area contributed by atoms with E-state index in [1.165, 1.54) is 5.56 Å². The van der Waals surface area contributed by atoms with Crippen LogP contribution in [0.1, 0.15) is 49.0 Å². The first-order chi connectivity index (χ1) is 12.7. The molecule has 2 aromatic carbocycles. The highest BCUT2D eigenvalue weighted by molar-refractivity contribution is 5.73. The number of benzene rings is 2. The average Bonchev–Trinajstić information content (AvgIpc) is 2.66. The monoisotopic (exact) mass is 348 g/mol. The van der Waals surface area contributed by atoms with Gasteiger partial charge in [-0.25, -0.2) is 0 Å². The quantitative estimate of drug-likeness (QED) is 0.891. The summed E-state index contributed by atoms with van der Waals surface area (Å²) in [5.41, 5.74) is 2.84. The van der Waals surface area contributed by atoms with Crippen LogP contribution in [0.15, 0.2) is 54.6 Å². The zero-order chi connectivity index (χ0) is 18.4. The SMILES string of the molecule is CC(=O)N[C@H]1C[C@@H](CCc2ccccc2)O[C@@H](c2ccccc2C#N)C1. The van der Waals surface area contributed by atoms with Crippen LogP contribution in [0.3, 0.4) is 0 Å². The van der Waals surface area contributed by atoms with E-state index >= 15 is 0 Å². The number of amides is 1. The Morgan fingerprint density at radius 1 is 1.15 bits per heavy atom. The van der Waals surface area contributed by atoms with E-state index in [0.29, 0.717) is 12.0 Å². The minimum absolute atomic E-state index is 0.0222. The summed E-state index contributed by atoms with van der Waals surface area (Å²) >= 11 is 0. The maximum Gasteiger partial charge on any atom is 0.217 e. The third kappa shape index (κ3) is 4.71. The van der Waals surface area contributed by atoms with E-state index in [2.05, 4.69) is 23.5 Å². The minimum atomic E-state index is -0.169. The molecule has 4 heteroatoms. The highest BCUT2D eigenvalue weighted by atomic mass is 16.5. The van der Waals surface area contributed by atoms with E-state index in [9.17, 15) is 10.1 Å². The average molecular weight is 348 g/mol. The predicted octanol–water partition coefficient (Wildman–Crippen LogP) is 3.92. The second-order valence-electron chi connectivity index (χ2n) is 6.84. The molecular formula is C22H24N2O2. The van der Waals surface area contributed by atoms with Gasteiger partial charge in [-0.05, 0) is 42.9 Å². The molecule has 0 saturated carbocycles. The van der Waals surface area contributed by atoms with Crippen molar-refractivity contribution in [3.05, 3.63) is 71.3 Å². The first kappa shape index (κ1) is 18.2. The summed E-state index contributed by atoms with van der Waals surface area (Å²) in [6.45, 7) is 1.55. The van der Waals surface area contributed by atoms with Crippen LogP contribution < -0.4 is 5.32 Å². The first-order valence-electron chi connectivity index (χ1n) is 9.11. The minimum Gasteiger partial charge on any atom is -0.370 e. The third-order valence-electron chi connectivity index (χ3n) is 4.84. The number of nitrogens with one attached hydrogen (secondary N) is 1. The number of carbonyl (C=O) groups excluding carboxylic acids is 1. The molecule has 0 unspecified atom stereocenters. The molecule has 0 spiro atoms. The second-order valence-corrected chi connectivity index (χ2v) is 6.84. The van der Waals surface area contributed by atoms with Crippen molar-refractivity contribution in [3.63, 3.8) is 0 Å². The molecule has 1 fully saturated rings. The van der Waals surface area contributed by atoms with Crippen LogP contribution in [0.5, 0.6) is 0 Å². The van der Waals surface area contributed by atoms with Gasteiger partial charge in [0.25, 0.3) is 0 Å². The maximum absolute atomic E-state index is 11.6. The fourth-order valence-electron chi connectivity index (χ4n) is 3.66. The van der Waals surface area contributed by atoms with Crippen molar-refractivity contribution >= 4 is 5.91 Å². The van der Waals surface area contributed by atoms with Gasteiger partial charge in [-0.15, -0.1) is 0 Å². The Balaban J connectivity index is 1.74. The Morgan fingerprint density at radius 3 is 2.62 bits per heavy atom. The number of hydrogen-bond donors (Lipinski definition) is 1. The molecule has 0 radical (unpaired) electrons. The van der Waals surface area contributed by atoms with Crippen LogP contribution in [0.4, 0.5) is 0 Å². The fourth-order valence-corrected chi connectivity index (χ4v) is 3.66. The van der Waals surface area contributed by atoms with E-state index in [4.69, 9.17) is 4.74 Å². The molecule has 1 amide bonds. The zero-order valence-corrected chi connectivity index (χ0v) is 15.0. The molecule has 2 aromatic rings. The van der Waals surface area contributed by atoms with Gasteiger partial charge in [0.15, 0.2) is 0 Å². The smallest absolute Gasteiger partial charge is 0.217 e. The molecule has 0 aromatic heterocycles. The molecule has 3 rings (SSSR count). The lowest BCUT2D eigenvalue weighted by molar-refractivity contribution is -0.122. The van der Waals surface area contributed by atoms with Crippen molar-refractivity contribution < 1.29 is 9.53 Å². The Bertz CT molecular complexity index is 782. The van der Waals surface area contributed by atoms with Gasteiger partial charge in [-0.2, -0.15) is 5.26 Å². The molecular weight excluding hydrogens is 324 g/mol. The van der Waals surface area contributed by atoms with Crippen molar-refractivity contribution in [1.29, 1.82) is 5.26 Å². The topological polar surface area (TPSA) is 62.1 Å². The van der Waals surface area contributed by atoms with E-state index in [0.717, 1.165) is 24.8 Å². The van der Waals surface area contributed by atoms with Crippen molar-refractivity contribution in [1.82, 2.24) is 5.32 Å². The molecule has 1 saturated heterocycles. The number of nitrogens with zero attached hydrogens (tertiary/aromatic N) is 1. The fraction of sp³-hybridized carbons (Fsp3) is 0.364. The normalized spacial score (nSPS) is 22.4. The third-order valence-corrected chi connectivity index (χ3v) is 4.84. The summed E-state index contributed by atoms with van der Waals surface area (Å²) in [6.07, 6.45) is 3.21. The molecule has 0 aliphatic carbocycles. The summed E-state index contributed by atoms with van der Waals surface area (Å²) in [5, 5.41) is 12.4. The van der Waals surface area contributed by atoms with Crippen molar-refractivity contribution in [2.24, 2.45) is 0 Å². The molecule has 4 nitrogen and oxygen atoms in total. The number of nitriles is 1. The summed E-state index contributed by atoms with van der Waals surface area (Å²) in [7, 11) is 0. The van der Waals surface area contributed by atoms with E-state index in [1.54, 1.807) is 6.92 Å². The Hall–Kier alpha value is -2.64. The molecule has 134 valence electrons. The molecule has 1 aliphatic rings. The molecule has 0 bridgehead atoms. The van der Waals surface area contributed by atoms with Crippen LogP contribution in [0.25, 0.3) is 0 Å². The van der Waals surface area contributed by atoms with Gasteiger partial charge >= 0.3 is 0 Å².